The Kier molecular flexibility index (Phi) is 7.42. The molecule has 0 aliphatic rings. The van der Waals surface area contributed by atoms with Gasteiger partial charge >= 0.3 is 0 Å². The molecule has 0 fully saturated rings. The molecule has 0 saturated carbocycles. The first kappa shape index (κ1) is 31.9. The van der Waals surface area contributed by atoms with E-state index in [1.54, 1.807) is 0 Å². The van der Waals surface area contributed by atoms with Crippen LogP contribution in [0.4, 0.5) is 0 Å². The standard InChI is InChI=1S/C51H31N3O2/c1-3-11-32(12-4-1)33-21-23-35(24-22-33)50-52-49(34-13-5-2-6-14-34)53-51(54-50)40-18-10-17-38(28-40)36-15-9-16-37(27-36)39-25-26-46-42(29-39)44-30-43-41-19-7-8-20-45(41)55-47(43)31-48(44)56-46/h1-31H. The average molecular weight is 718 g/mol. The van der Waals surface area contributed by atoms with Gasteiger partial charge in [0.25, 0.3) is 0 Å². The summed E-state index contributed by atoms with van der Waals surface area (Å²) in [5, 5.41) is 4.34. The van der Waals surface area contributed by atoms with Gasteiger partial charge in [-0.2, -0.15) is 0 Å². The van der Waals surface area contributed by atoms with Gasteiger partial charge in [-0.1, -0.05) is 146 Å². The molecule has 3 heterocycles. The van der Waals surface area contributed by atoms with Crippen LogP contribution >= 0.6 is 0 Å². The van der Waals surface area contributed by atoms with Crippen LogP contribution in [-0.4, -0.2) is 15.0 Å². The number of nitrogens with zero attached hydrogens (tertiary/aromatic N) is 3. The van der Waals surface area contributed by atoms with Gasteiger partial charge in [0.2, 0.25) is 0 Å². The molecule has 0 spiro atoms. The lowest BCUT2D eigenvalue weighted by Crippen LogP contribution is -2.00. The minimum Gasteiger partial charge on any atom is -0.456 e. The number of para-hydroxylation sites is 1. The van der Waals surface area contributed by atoms with Crippen LogP contribution in [0.15, 0.2) is 197 Å². The second-order valence-corrected chi connectivity index (χ2v) is 14.0. The molecule has 5 heteroatoms. The van der Waals surface area contributed by atoms with E-state index in [1.165, 1.54) is 5.56 Å². The lowest BCUT2D eigenvalue weighted by molar-refractivity contribution is 0.656. The molecular weight excluding hydrogens is 687 g/mol. The molecule has 8 aromatic carbocycles. The van der Waals surface area contributed by atoms with Gasteiger partial charge in [-0.05, 0) is 69.8 Å². The van der Waals surface area contributed by atoms with Gasteiger partial charge in [0.15, 0.2) is 17.5 Å². The predicted octanol–water partition coefficient (Wildman–Crippen LogP) is 13.7. The molecular formula is C51H31N3O2. The summed E-state index contributed by atoms with van der Waals surface area (Å²) in [6, 6.07) is 64.8. The lowest BCUT2D eigenvalue weighted by Gasteiger charge is -2.11. The van der Waals surface area contributed by atoms with E-state index >= 15 is 0 Å². The van der Waals surface area contributed by atoms with Gasteiger partial charge in [0.1, 0.15) is 22.3 Å². The topological polar surface area (TPSA) is 65.0 Å². The van der Waals surface area contributed by atoms with Crippen LogP contribution in [-0.2, 0) is 0 Å². The largest absolute Gasteiger partial charge is 0.456 e. The Balaban J connectivity index is 0.965. The molecule has 0 radical (unpaired) electrons. The summed E-state index contributed by atoms with van der Waals surface area (Å²) < 4.78 is 12.5. The molecule has 0 saturated heterocycles. The molecule has 0 unspecified atom stereocenters. The minimum atomic E-state index is 0.621. The molecule has 0 atom stereocenters. The highest BCUT2D eigenvalue weighted by Crippen LogP contribution is 2.39. The van der Waals surface area contributed by atoms with E-state index < -0.39 is 0 Å². The molecule has 56 heavy (non-hydrogen) atoms. The molecule has 11 rings (SSSR count). The number of fused-ring (bicyclic) bond motifs is 6. The van der Waals surface area contributed by atoms with Gasteiger partial charge in [-0.25, -0.2) is 15.0 Å². The van der Waals surface area contributed by atoms with Crippen molar-refractivity contribution in [2.75, 3.05) is 0 Å². The average Bonchev–Trinajstić information content (AvgIpc) is 3.83. The molecule has 0 bridgehead atoms. The third-order valence-corrected chi connectivity index (χ3v) is 10.5. The van der Waals surface area contributed by atoms with Gasteiger partial charge in [0, 0.05) is 44.3 Å². The Labute approximate surface area is 322 Å². The zero-order valence-corrected chi connectivity index (χ0v) is 30.1. The number of hydrogen-bond acceptors (Lipinski definition) is 5. The molecule has 262 valence electrons. The molecule has 0 amide bonds. The van der Waals surface area contributed by atoms with E-state index in [2.05, 4.69) is 127 Å². The monoisotopic (exact) mass is 717 g/mol. The minimum absolute atomic E-state index is 0.621. The SMILES string of the molecule is c1ccc(-c2ccc(-c3nc(-c4ccccc4)nc(-c4cccc(-c5cccc(-c6ccc7oc8cc9oc%10ccccc%10c9cc8c7c6)c5)c4)n3)cc2)cc1. The summed E-state index contributed by atoms with van der Waals surface area (Å²) in [6.45, 7) is 0. The van der Waals surface area contributed by atoms with Gasteiger partial charge in [0.05, 0.1) is 0 Å². The van der Waals surface area contributed by atoms with Crippen LogP contribution in [0.1, 0.15) is 0 Å². The third kappa shape index (κ3) is 5.62. The van der Waals surface area contributed by atoms with Crippen LogP contribution in [0.5, 0.6) is 0 Å². The van der Waals surface area contributed by atoms with Crippen LogP contribution in [0.3, 0.4) is 0 Å². The van der Waals surface area contributed by atoms with Crippen LogP contribution in [0, 0.1) is 0 Å². The normalized spacial score (nSPS) is 11.6. The molecule has 11 aromatic rings. The maximum absolute atomic E-state index is 6.32. The second kappa shape index (κ2) is 13.0. The Morgan fingerprint density at radius 1 is 0.232 bits per heavy atom. The number of aromatic nitrogens is 3. The van der Waals surface area contributed by atoms with Crippen LogP contribution in [0.2, 0.25) is 0 Å². The van der Waals surface area contributed by atoms with Crippen LogP contribution < -0.4 is 0 Å². The van der Waals surface area contributed by atoms with Gasteiger partial charge < -0.3 is 8.83 Å². The molecule has 0 aliphatic carbocycles. The summed E-state index contributed by atoms with van der Waals surface area (Å²) in [5.74, 6) is 1.88. The summed E-state index contributed by atoms with van der Waals surface area (Å²) in [5.41, 5.74) is 12.9. The highest BCUT2D eigenvalue weighted by Gasteiger charge is 2.16. The third-order valence-electron chi connectivity index (χ3n) is 10.5. The molecule has 3 aromatic heterocycles. The first-order chi connectivity index (χ1) is 27.7. The summed E-state index contributed by atoms with van der Waals surface area (Å²) in [4.78, 5) is 15.0. The maximum Gasteiger partial charge on any atom is 0.164 e. The van der Waals surface area contributed by atoms with Crippen molar-refractivity contribution >= 4 is 43.9 Å². The summed E-state index contributed by atoms with van der Waals surface area (Å²) in [7, 11) is 0. The number of benzene rings is 8. The number of rotatable bonds is 6. The Hall–Kier alpha value is -7.63. The van der Waals surface area contributed by atoms with Crippen molar-refractivity contribution in [1.82, 2.24) is 15.0 Å². The second-order valence-electron chi connectivity index (χ2n) is 14.0. The van der Waals surface area contributed by atoms with Crippen molar-refractivity contribution in [3.05, 3.63) is 188 Å². The van der Waals surface area contributed by atoms with Gasteiger partial charge in [-0.3, -0.25) is 0 Å². The highest BCUT2D eigenvalue weighted by molar-refractivity contribution is 6.15. The maximum atomic E-state index is 6.32. The zero-order valence-electron chi connectivity index (χ0n) is 30.1. The first-order valence-corrected chi connectivity index (χ1v) is 18.7. The predicted molar refractivity (Wildman–Crippen MR) is 227 cm³/mol. The van der Waals surface area contributed by atoms with E-state index in [4.69, 9.17) is 23.8 Å². The quantitative estimate of drug-likeness (QED) is 0.171. The number of furan rings is 2. The number of hydrogen-bond donors (Lipinski definition) is 0. The van der Waals surface area contributed by atoms with Crippen molar-refractivity contribution in [2.45, 2.75) is 0 Å². The van der Waals surface area contributed by atoms with Crippen molar-refractivity contribution in [3.63, 3.8) is 0 Å². The molecule has 5 nitrogen and oxygen atoms in total. The first-order valence-electron chi connectivity index (χ1n) is 18.7. The highest BCUT2D eigenvalue weighted by atomic mass is 16.3. The van der Waals surface area contributed by atoms with Crippen LogP contribution in [0.25, 0.3) is 111 Å². The molecule has 0 N–H and O–H groups in total. The lowest BCUT2D eigenvalue weighted by atomic mass is 9.97. The fourth-order valence-electron chi connectivity index (χ4n) is 7.68. The fraction of sp³-hybridized carbons (Fsp3) is 0. The fourth-order valence-corrected chi connectivity index (χ4v) is 7.68. The Morgan fingerprint density at radius 2 is 0.643 bits per heavy atom. The smallest absolute Gasteiger partial charge is 0.164 e. The summed E-state index contributed by atoms with van der Waals surface area (Å²) >= 11 is 0. The van der Waals surface area contributed by atoms with Gasteiger partial charge in [-0.15, -0.1) is 0 Å². The van der Waals surface area contributed by atoms with Crippen molar-refractivity contribution in [3.8, 4) is 67.5 Å². The van der Waals surface area contributed by atoms with Crippen molar-refractivity contribution < 1.29 is 8.83 Å². The van der Waals surface area contributed by atoms with E-state index in [0.29, 0.717) is 17.5 Å². The zero-order chi connectivity index (χ0) is 37.0. The Morgan fingerprint density at radius 3 is 1.32 bits per heavy atom. The Bertz CT molecular complexity index is 3240. The van der Waals surface area contributed by atoms with E-state index in [0.717, 1.165) is 88.4 Å². The van der Waals surface area contributed by atoms with E-state index in [-0.39, 0.29) is 0 Å². The van der Waals surface area contributed by atoms with E-state index in [1.807, 2.05) is 60.7 Å². The van der Waals surface area contributed by atoms with Crippen molar-refractivity contribution in [2.24, 2.45) is 0 Å². The van der Waals surface area contributed by atoms with Crippen molar-refractivity contribution in [1.29, 1.82) is 0 Å². The van der Waals surface area contributed by atoms with E-state index in [9.17, 15) is 0 Å². The molecule has 0 aliphatic heterocycles. The summed E-state index contributed by atoms with van der Waals surface area (Å²) in [6.07, 6.45) is 0.